The Kier molecular flexibility index (Phi) is 4.95. The smallest absolute Gasteiger partial charge is 0.255 e. The fourth-order valence-corrected chi connectivity index (χ4v) is 2.43. The number of likely N-dealkylation sites (N-methyl/N-ethyl adjacent to an activating group) is 1. The van der Waals surface area contributed by atoms with Crippen molar-refractivity contribution < 1.29 is 4.79 Å². The van der Waals surface area contributed by atoms with Crippen molar-refractivity contribution in [3.63, 3.8) is 0 Å². The topological polar surface area (TPSA) is 39.7 Å². The normalized spacial score (nSPS) is 16.2. The molecule has 1 aliphatic heterocycles. The first-order valence-electron chi connectivity index (χ1n) is 7.34. The second kappa shape index (κ2) is 6.70. The number of piperazine rings is 1. The Hall–Kier alpha value is -1.62. The maximum absolute atomic E-state index is 12.2. The van der Waals surface area contributed by atoms with Crippen molar-refractivity contribution in [2.45, 2.75) is 13.8 Å². The van der Waals surface area contributed by atoms with E-state index < -0.39 is 0 Å². The number of pyridine rings is 1. The summed E-state index contributed by atoms with van der Waals surface area (Å²) in [6.07, 6.45) is 1.70. The maximum Gasteiger partial charge on any atom is 0.255 e. The Morgan fingerprint density at radius 1 is 1.20 bits per heavy atom. The number of anilines is 1. The lowest BCUT2D eigenvalue weighted by molar-refractivity contribution is 0.0772. The minimum atomic E-state index is 0.0624. The molecule has 1 saturated heterocycles. The zero-order valence-corrected chi connectivity index (χ0v) is 12.7. The van der Waals surface area contributed by atoms with E-state index in [9.17, 15) is 4.79 Å². The molecule has 0 unspecified atom stereocenters. The van der Waals surface area contributed by atoms with E-state index in [4.69, 9.17) is 0 Å². The number of aromatic nitrogens is 1. The maximum atomic E-state index is 12.2. The lowest BCUT2D eigenvalue weighted by atomic mass is 10.2. The fourth-order valence-electron chi connectivity index (χ4n) is 2.43. The van der Waals surface area contributed by atoms with Gasteiger partial charge in [-0.25, -0.2) is 4.98 Å². The molecule has 0 radical (unpaired) electrons. The molecule has 0 atom stereocenters. The number of carbonyl (C=O) groups excluding carboxylic acids is 1. The van der Waals surface area contributed by atoms with Crippen LogP contribution in [0.25, 0.3) is 0 Å². The minimum Gasteiger partial charge on any atom is -0.354 e. The third-order valence-electron chi connectivity index (χ3n) is 3.87. The van der Waals surface area contributed by atoms with Gasteiger partial charge in [0, 0.05) is 45.5 Å². The van der Waals surface area contributed by atoms with E-state index in [1.165, 1.54) is 0 Å². The molecule has 0 saturated carbocycles. The Morgan fingerprint density at radius 3 is 2.35 bits per heavy atom. The SMILES string of the molecule is CCN(CC)C(=O)c1ccc(N2CCN(C)CC2)nc1. The molecule has 0 N–H and O–H groups in total. The number of nitrogens with zero attached hydrogens (tertiary/aromatic N) is 4. The van der Waals surface area contributed by atoms with Crippen molar-refractivity contribution in [1.82, 2.24) is 14.8 Å². The van der Waals surface area contributed by atoms with Gasteiger partial charge in [-0.15, -0.1) is 0 Å². The largest absolute Gasteiger partial charge is 0.354 e. The molecule has 5 heteroatoms. The van der Waals surface area contributed by atoms with Crippen LogP contribution in [0.4, 0.5) is 5.82 Å². The molecule has 1 aromatic heterocycles. The summed E-state index contributed by atoms with van der Waals surface area (Å²) in [5, 5.41) is 0. The van der Waals surface area contributed by atoms with E-state index in [1.807, 2.05) is 30.9 Å². The molecule has 5 nitrogen and oxygen atoms in total. The first-order chi connectivity index (χ1) is 9.65. The quantitative estimate of drug-likeness (QED) is 0.831. The van der Waals surface area contributed by atoms with Crippen molar-refractivity contribution in [2.75, 3.05) is 51.2 Å². The van der Waals surface area contributed by atoms with Crippen LogP contribution in [-0.2, 0) is 0 Å². The molecule has 1 fully saturated rings. The van der Waals surface area contributed by atoms with Crippen LogP contribution in [0.3, 0.4) is 0 Å². The van der Waals surface area contributed by atoms with Crippen LogP contribution in [-0.4, -0.2) is 67.0 Å². The monoisotopic (exact) mass is 276 g/mol. The summed E-state index contributed by atoms with van der Waals surface area (Å²) >= 11 is 0. The Balaban J connectivity index is 2.04. The van der Waals surface area contributed by atoms with E-state index in [-0.39, 0.29) is 5.91 Å². The zero-order valence-electron chi connectivity index (χ0n) is 12.7. The van der Waals surface area contributed by atoms with Crippen molar-refractivity contribution in [3.8, 4) is 0 Å². The zero-order chi connectivity index (χ0) is 14.5. The minimum absolute atomic E-state index is 0.0624. The van der Waals surface area contributed by atoms with Gasteiger partial charge in [0.25, 0.3) is 5.91 Å². The van der Waals surface area contributed by atoms with Crippen LogP contribution in [0.15, 0.2) is 18.3 Å². The van der Waals surface area contributed by atoms with E-state index in [0.29, 0.717) is 5.56 Å². The summed E-state index contributed by atoms with van der Waals surface area (Å²) in [4.78, 5) is 23.1. The second-order valence-corrected chi connectivity index (χ2v) is 5.17. The summed E-state index contributed by atoms with van der Waals surface area (Å²) in [6.45, 7) is 9.55. The Morgan fingerprint density at radius 2 is 1.85 bits per heavy atom. The molecule has 0 spiro atoms. The fraction of sp³-hybridized carbons (Fsp3) is 0.600. The van der Waals surface area contributed by atoms with Gasteiger partial charge in [0.15, 0.2) is 0 Å². The van der Waals surface area contributed by atoms with Crippen LogP contribution in [0.1, 0.15) is 24.2 Å². The number of hydrogen-bond donors (Lipinski definition) is 0. The number of carbonyl (C=O) groups is 1. The first-order valence-corrected chi connectivity index (χ1v) is 7.34. The van der Waals surface area contributed by atoms with Gasteiger partial charge in [0.05, 0.1) is 5.56 Å². The van der Waals surface area contributed by atoms with Crippen molar-refractivity contribution >= 4 is 11.7 Å². The highest BCUT2D eigenvalue weighted by molar-refractivity contribution is 5.94. The van der Waals surface area contributed by atoms with E-state index >= 15 is 0 Å². The first kappa shape index (κ1) is 14.8. The van der Waals surface area contributed by atoms with Gasteiger partial charge < -0.3 is 14.7 Å². The summed E-state index contributed by atoms with van der Waals surface area (Å²) in [5.41, 5.74) is 0.673. The van der Waals surface area contributed by atoms with Gasteiger partial charge in [0.1, 0.15) is 5.82 Å². The predicted molar refractivity (Wildman–Crippen MR) is 81.2 cm³/mol. The highest BCUT2D eigenvalue weighted by Crippen LogP contribution is 2.14. The van der Waals surface area contributed by atoms with Crippen molar-refractivity contribution in [3.05, 3.63) is 23.9 Å². The van der Waals surface area contributed by atoms with Gasteiger partial charge in [-0.05, 0) is 33.0 Å². The molecule has 2 heterocycles. The van der Waals surface area contributed by atoms with Gasteiger partial charge in [-0.2, -0.15) is 0 Å². The summed E-state index contributed by atoms with van der Waals surface area (Å²) in [5.74, 6) is 1.03. The Labute approximate surface area is 121 Å². The molecule has 0 aliphatic carbocycles. The number of rotatable bonds is 4. The molecule has 1 aliphatic rings. The van der Waals surface area contributed by atoms with Gasteiger partial charge >= 0.3 is 0 Å². The number of amides is 1. The molecule has 0 aromatic carbocycles. The summed E-state index contributed by atoms with van der Waals surface area (Å²) in [6, 6.07) is 3.85. The average Bonchev–Trinajstić information content (AvgIpc) is 2.49. The molecule has 2 rings (SSSR count). The van der Waals surface area contributed by atoms with E-state index in [0.717, 1.165) is 45.1 Å². The third kappa shape index (κ3) is 3.28. The lowest BCUT2D eigenvalue weighted by Crippen LogP contribution is -2.44. The standard InChI is InChI=1S/C15H24N4O/c1-4-18(5-2)15(20)13-6-7-14(16-12-13)19-10-8-17(3)9-11-19/h6-7,12H,4-5,8-11H2,1-3H3. The summed E-state index contributed by atoms with van der Waals surface area (Å²) in [7, 11) is 2.14. The van der Waals surface area contributed by atoms with Crippen LogP contribution in [0.5, 0.6) is 0 Å². The molecule has 0 bridgehead atoms. The summed E-state index contributed by atoms with van der Waals surface area (Å²) < 4.78 is 0. The Bertz CT molecular complexity index is 434. The molecule has 1 amide bonds. The molecular weight excluding hydrogens is 252 g/mol. The highest BCUT2D eigenvalue weighted by Gasteiger charge is 2.17. The molecule has 110 valence electrons. The molecule has 1 aromatic rings. The van der Waals surface area contributed by atoms with Gasteiger partial charge in [-0.1, -0.05) is 0 Å². The van der Waals surface area contributed by atoms with Crippen molar-refractivity contribution in [2.24, 2.45) is 0 Å². The third-order valence-corrected chi connectivity index (χ3v) is 3.87. The number of hydrogen-bond acceptors (Lipinski definition) is 4. The van der Waals surface area contributed by atoms with Gasteiger partial charge in [-0.3, -0.25) is 4.79 Å². The highest BCUT2D eigenvalue weighted by atomic mass is 16.2. The van der Waals surface area contributed by atoms with Crippen molar-refractivity contribution in [1.29, 1.82) is 0 Å². The molecular formula is C15H24N4O. The van der Waals surface area contributed by atoms with Crippen LogP contribution in [0, 0.1) is 0 Å². The molecule has 20 heavy (non-hydrogen) atoms. The van der Waals surface area contributed by atoms with E-state index in [2.05, 4.69) is 21.8 Å². The van der Waals surface area contributed by atoms with E-state index in [1.54, 1.807) is 6.20 Å². The van der Waals surface area contributed by atoms with Crippen LogP contribution in [0.2, 0.25) is 0 Å². The average molecular weight is 276 g/mol. The van der Waals surface area contributed by atoms with Gasteiger partial charge in [0.2, 0.25) is 0 Å². The predicted octanol–water partition coefficient (Wildman–Crippen LogP) is 1.32. The lowest BCUT2D eigenvalue weighted by Gasteiger charge is -2.33. The van der Waals surface area contributed by atoms with Crippen LogP contribution >= 0.6 is 0 Å². The van der Waals surface area contributed by atoms with Crippen LogP contribution < -0.4 is 4.90 Å². The second-order valence-electron chi connectivity index (χ2n) is 5.17.